The summed E-state index contributed by atoms with van der Waals surface area (Å²) >= 11 is 1.50. The van der Waals surface area contributed by atoms with Gasteiger partial charge in [0.15, 0.2) is 6.04 Å². The zero-order chi connectivity index (χ0) is 14.9. The maximum absolute atomic E-state index is 10.6. The molecular formula is C15H17N4O2S+. The highest BCUT2D eigenvalue weighted by Gasteiger charge is 2.33. The summed E-state index contributed by atoms with van der Waals surface area (Å²) in [6.07, 6.45) is 1.47. The van der Waals surface area contributed by atoms with E-state index in [1.165, 1.54) is 32.6 Å². The van der Waals surface area contributed by atoms with E-state index in [1.807, 2.05) is 18.2 Å². The largest absolute Gasteiger partial charge is 0.492 e. The summed E-state index contributed by atoms with van der Waals surface area (Å²) in [5.74, 6) is 0.199. The van der Waals surface area contributed by atoms with E-state index in [-0.39, 0.29) is 11.9 Å². The van der Waals surface area contributed by atoms with Gasteiger partial charge in [-0.05, 0) is 0 Å². The summed E-state index contributed by atoms with van der Waals surface area (Å²) < 4.78 is 7.00. The zero-order valence-electron chi connectivity index (χ0n) is 12.0. The molecule has 1 atom stereocenters. The Labute approximate surface area is 131 Å². The third-order valence-corrected chi connectivity index (χ3v) is 5.18. The quantitative estimate of drug-likeness (QED) is 0.738. The van der Waals surface area contributed by atoms with Crippen molar-refractivity contribution in [2.45, 2.75) is 6.04 Å². The van der Waals surface area contributed by atoms with Crippen LogP contribution in [0.3, 0.4) is 0 Å². The van der Waals surface area contributed by atoms with E-state index in [0.29, 0.717) is 0 Å². The molecule has 114 valence electrons. The minimum Gasteiger partial charge on any atom is -0.492 e. The van der Waals surface area contributed by atoms with Crippen LogP contribution >= 0.6 is 11.3 Å². The Hall–Kier alpha value is -1.96. The van der Waals surface area contributed by atoms with E-state index >= 15 is 0 Å². The first-order chi connectivity index (χ1) is 10.8. The van der Waals surface area contributed by atoms with E-state index in [0.717, 1.165) is 36.1 Å². The molecule has 22 heavy (non-hydrogen) atoms. The number of ether oxygens (including phenoxy) is 1. The number of rotatable bonds is 3. The first kappa shape index (κ1) is 13.7. The summed E-state index contributed by atoms with van der Waals surface area (Å²) in [6.45, 7) is 3.35. The number of benzene rings is 1. The summed E-state index contributed by atoms with van der Waals surface area (Å²) in [5.41, 5.74) is 1.19. The predicted octanol–water partition coefficient (Wildman–Crippen LogP) is 0.501. The van der Waals surface area contributed by atoms with E-state index in [9.17, 15) is 5.11 Å². The molecule has 3 heterocycles. The highest BCUT2D eigenvalue weighted by atomic mass is 32.1. The van der Waals surface area contributed by atoms with Crippen LogP contribution in [-0.4, -0.2) is 46.0 Å². The molecule has 4 rings (SSSR count). The molecule has 1 aromatic carbocycles. The number of hydrogen-bond acceptors (Lipinski definition) is 5. The number of morpholine rings is 1. The van der Waals surface area contributed by atoms with Crippen LogP contribution in [-0.2, 0) is 4.74 Å². The molecule has 7 heteroatoms. The topological polar surface area (TPSA) is 64.1 Å². The van der Waals surface area contributed by atoms with Gasteiger partial charge in [0.05, 0.1) is 13.2 Å². The standard InChI is InChI=1S/C15H16N4O2S/c20-14-13(22-15-16-10-17-19(14)15)12(11-4-2-1-3-5-11)18-6-8-21-9-7-18/h1-5,10,12,20H,6-9H2/p+1/t12-/m0/s1. The molecule has 0 amide bonds. The van der Waals surface area contributed by atoms with Crippen molar-refractivity contribution in [2.24, 2.45) is 0 Å². The van der Waals surface area contributed by atoms with Gasteiger partial charge >= 0.3 is 0 Å². The molecule has 0 unspecified atom stereocenters. The van der Waals surface area contributed by atoms with Crippen molar-refractivity contribution in [2.75, 3.05) is 26.3 Å². The monoisotopic (exact) mass is 317 g/mol. The van der Waals surface area contributed by atoms with Gasteiger partial charge < -0.3 is 14.7 Å². The van der Waals surface area contributed by atoms with Crippen LogP contribution in [0.2, 0.25) is 0 Å². The normalized spacial score (nSPS) is 17.8. The van der Waals surface area contributed by atoms with Crippen molar-refractivity contribution in [1.29, 1.82) is 0 Å². The molecule has 1 aliphatic heterocycles. The van der Waals surface area contributed by atoms with Crippen molar-refractivity contribution in [3.8, 4) is 5.88 Å². The molecule has 0 saturated carbocycles. The van der Waals surface area contributed by atoms with Crippen LogP contribution in [0.15, 0.2) is 36.7 Å². The number of aromatic hydroxyl groups is 1. The van der Waals surface area contributed by atoms with Crippen molar-refractivity contribution in [3.63, 3.8) is 0 Å². The van der Waals surface area contributed by atoms with Gasteiger partial charge in [0.2, 0.25) is 10.8 Å². The number of quaternary nitrogens is 1. The van der Waals surface area contributed by atoms with Crippen molar-refractivity contribution >= 4 is 16.3 Å². The fourth-order valence-corrected chi connectivity index (χ4v) is 4.14. The van der Waals surface area contributed by atoms with E-state index in [1.54, 1.807) is 0 Å². The molecule has 0 aliphatic carbocycles. The summed E-state index contributed by atoms with van der Waals surface area (Å²) in [4.78, 5) is 7.24. The lowest BCUT2D eigenvalue weighted by Crippen LogP contribution is -3.14. The second-order valence-electron chi connectivity index (χ2n) is 5.36. The number of fused-ring (bicyclic) bond motifs is 1. The Morgan fingerprint density at radius 2 is 2.00 bits per heavy atom. The number of thiazole rings is 1. The maximum atomic E-state index is 10.6. The molecule has 1 fully saturated rings. The van der Waals surface area contributed by atoms with Crippen molar-refractivity contribution < 1.29 is 14.7 Å². The molecule has 0 radical (unpaired) electrons. The zero-order valence-corrected chi connectivity index (χ0v) is 12.8. The summed E-state index contributed by atoms with van der Waals surface area (Å²) in [7, 11) is 0. The molecule has 3 aromatic rings. The summed E-state index contributed by atoms with van der Waals surface area (Å²) in [5, 5.41) is 14.7. The predicted molar refractivity (Wildman–Crippen MR) is 82.3 cm³/mol. The smallest absolute Gasteiger partial charge is 0.235 e. The highest BCUT2D eigenvalue weighted by Crippen LogP contribution is 2.34. The average Bonchev–Trinajstić information content (AvgIpc) is 3.14. The lowest BCUT2D eigenvalue weighted by molar-refractivity contribution is -0.932. The molecule has 1 aliphatic rings. The first-order valence-corrected chi connectivity index (χ1v) is 8.15. The minimum atomic E-state index is 0.0820. The van der Waals surface area contributed by atoms with Gasteiger partial charge in [0.25, 0.3) is 0 Å². The van der Waals surface area contributed by atoms with Crippen molar-refractivity contribution in [3.05, 3.63) is 47.1 Å². The lowest BCUT2D eigenvalue weighted by atomic mass is 10.0. The fourth-order valence-electron chi connectivity index (χ4n) is 3.02. The van der Waals surface area contributed by atoms with Gasteiger partial charge in [-0.1, -0.05) is 41.7 Å². The third-order valence-electron chi connectivity index (χ3n) is 4.08. The third kappa shape index (κ3) is 2.27. The van der Waals surface area contributed by atoms with Crippen molar-refractivity contribution in [1.82, 2.24) is 14.6 Å². The molecule has 2 N–H and O–H groups in total. The number of hydrogen-bond donors (Lipinski definition) is 2. The van der Waals surface area contributed by atoms with Gasteiger partial charge in [-0.3, -0.25) is 0 Å². The maximum Gasteiger partial charge on any atom is 0.235 e. The Kier molecular flexibility index (Phi) is 3.53. The second kappa shape index (κ2) is 5.68. The highest BCUT2D eigenvalue weighted by molar-refractivity contribution is 7.17. The fraction of sp³-hybridized carbons (Fsp3) is 0.333. The average molecular weight is 317 g/mol. The molecule has 6 nitrogen and oxygen atoms in total. The number of nitrogens with one attached hydrogen (secondary N) is 1. The Balaban J connectivity index is 1.82. The molecule has 0 spiro atoms. The molecule has 0 bridgehead atoms. The van der Waals surface area contributed by atoms with E-state index in [4.69, 9.17) is 4.74 Å². The van der Waals surface area contributed by atoms with Crippen LogP contribution < -0.4 is 4.90 Å². The number of nitrogens with zero attached hydrogens (tertiary/aromatic N) is 3. The Morgan fingerprint density at radius 3 is 2.73 bits per heavy atom. The SMILES string of the molecule is Oc1c([C@H](c2ccccc2)[NH+]2CCOCC2)sc2ncnn12. The first-order valence-electron chi connectivity index (χ1n) is 7.33. The van der Waals surface area contributed by atoms with E-state index < -0.39 is 0 Å². The van der Waals surface area contributed by atoms with Gasteiger partial charge in [0.1, 0.15) is 24.3 Å². The summed E-state index contributed by atoms with van der Waals surface area (Å²) in [6, 6.07) is 10.4. The second-order valence-corrected chi connectivity index (χ2v) is 6.37. The van der Waals surface area contributed by atoms with Gasteiger partial charge in [-0.25, -0.2) is 4.98 Å². The number of aromatic nitrogens is 3. The van der Waals surface area contributed by atoms with Crippen LogP contribution in [0.4, 0.5) is 0 Å². The van der Waals surface area contributed by atoms with Gasteiger partial charge in [0, 0.05) is 5.56 Å². The van der Waals surface area contributed by atoms with Crippen LogP contribution in [0.5, 0.6) is 5.88 Å². The van der Waals surface area contributed by atoms with Gasteiger partial charge in [-0.2, -0.15) is 9.61 Å². The Bertz CT molecular complexity index is 764. The van der Waals surface area contributed by atoms with Crippen LogP contribution in [0.25, 0.3) is 4.96 Å². The van der Waals surface area contributed by atoms with E-state index in [2.05, 4.69) is 22.2 Å². The van der Waals surface area contributed by atoms with Gasteiger partial charge in [-0.15, -0.1) is 0 Å². The van der Waals surface area contributed by atoms with Crippen LogP contribution in [0, 0.1) is 0 Å². The molecule has 2 aromatic heterocycles. The molecule has 1 saturated heterocycles. The molecular weight excluding hydrogens is 300 g/mol. The lowest BCUT2D eigenvalue weighted by Gasteiger charge is -2.31. The van der Waals surface area contributed by atoms with Crippen LogP contribution in [0.1, 0.15) is 16.5 Å². The Morgan fingerprint density at radius 1 is 1.23 bits per heavy atom. The minimum absolute atomic E-state index is 0.0820.